The molecule has 2 rings (SSSR count). The van der Waals surface area contributed by atoms with E-state index in [2.05, 4.69) is 67.3 Å². The van der Waals surface area contributed by atoms with E-state index < -0.39 is 0 Å². The van der Waals surface area contributed by atoms with Gasteiger partial charge >= 0.3 is 0 Å². The number of aromatic nitrogens is 2. The van der Waals surface area contributed by atoms with Gasteiger partial charge in [-0.1, -0.05) is 22.9 Å². The summed E-state index contributed by atoms with van der Waals surface area (Å²) < 4.78 is 3.29. The molecule has 0 bridgehead atoms. The molecule has 0 N–H and O–H groups in total. The van der Waals surface area contributed by atoms with Crippen LogP contribution in [0.4, 0.5) is 0 Å². The van der Waals surface area contributed by atoms with Gasteiger partial charge in [-0.05, 0) is 48.7 Å². The molecular weight excluding hydrogens is 358 g/mol. The van der Waals surface area contributed by atoms with Crippen LogP contribution < -0.4 is 0 Å². The van der Waals surface area contributed by atoms with Gasteiger partial charge in [-0.15, -0.1) is 0 Å². The summed E-state index contributed by atoms with van der Waals surface area (Å²) in [5.41, 5.74) is 2.40. The maximum absolute atomic E-state index is 4.56. The molecule has 1 fully saturated rings. The largest absolute Gasteiger partial charge is 0.296 e. The van der Waals surface area contributed by atoms with E-state index in [1.165, 1.54) is 23.1 Å². The smallest absolute Gasteiger partial charge is 0.0739 e. The highest BCUT2D eigenvalue weighted by Gasteiger charge is 2.25. The van der Waals surface area contributed by atoms with Crippen LogP contribution in [-0.2, 0) is 13.1 Å². The summed E-state index contributed by atoms with van der Waals surface area (Å²) in [4.78, 5) is 3.14. The Labute approximate surface area is 126 Å². The zero-order valence-corrected chi connectivity index (χ0v) is 14.5. The zero-order valence-electron chi connectivity index (χ0n) is 11.3. The molecule has 0 radical (unpaired) electrons. The SMILES string of the molecule is CCn1nc(C)c(Br)c1CN1CCC(C)C(Br)C1. The molecule has 0 aromatic carbocycles. The minimum atomic E-state index is 0.615. The topological polar surface area (TPSA) is 21.1 Å². The number of hydrogen-bond donors (Lipinski definition) is 0. The van der Waals surface area contributed by atoms with Gasteiger partial charge < -0.3 is 0 Å². The molecule has 0 spiro atoms. The monoisotopic (exact) mass is 377 g/mol. The quantitative estimate of drug-likeness (QED) is 0.749. The third-order valence-corrected chi connectivity index (χ3v) is 6.00. The van der Waals surface area contributed by atoms with Crippen molar-refractivity contribution in [3.8, 4) is 0 Å². The van der Waals surface area contributed by atoms with E-state index in [1.807, 2.05) is 0 Å². The summed E-state index contributed by atoms with van der Waals surface area (Å²) in [6.07, 6.45) is 1.27. The van der Waals surface area contributed by atoms with Crippen molar-refractivity contribution in [2.75, 3.05) is 13.1 Å². The molecule has 1 aliphatic heterocycles. The first-order valence-corrected chi connectivity index (χ1v) is 8.32. The first-order valence-electron chi connectivity index (χ1n) is 6.61. The number of nitrogens with zero attached hydrogens (tertiary/aromatic N) is 3. The summed E-state index contributed by atoms with van der Waals surface area (Å²) in [6.45, 7) is 10.8. The fourth-order valence-electron chi connectivity index (χ4n) is 2.46. The fourth-order valence-corrected chi connectivity index (χ4v) is 3.54. The van der Waals surface area contributed by atoms with Crippen molar-refractivity contribution in [3.63, 3.8) is 0 Å². The van der Waals surface area contributed by atoms with Gasteiger partial charge in [-0.25, -0.2) is 0 Å². The van der Waals surface area contributed by atoms with Crippen molar-refractivity contribution in [2.24, 2.45) is 5.92 Å². The van der Waals surface area contributed by atoms with E-state index in [4.69, 9.17) is 0 Å². The second kappa shape index (κ2) is 6.06. The standard InChI is InChI=1S/C13H21Br2N3/c1-4-18-12(13(15)10(3)16-18)8-17-6-5-9(2)11(14)7-17/h9,11H,4-8H2,1-3H3. The Bertz CT molecular complexity index is 417. The van der Waals surface area contributed by atoms with Gasteiger partial charge in [0.15, 0.2) is 0 Å². The minimum Gasteiger partial charge on any atom is -0.296 e. The molecule has 2 unspecified atom stereocenters. The summed E-state index contributed by atoms with van der Waals surface area (Å²) in [7, 11) is 0. The summed E-state index contributed by atoms with van der Waals surface area (Å²) in [5.74, 6) is 0.780. The van der Waals surface area contributed by atoms with Gasteiger partial charge in [0.2, 0.25) is 0 Å². The summed E-state index contributed by atoms with van der Waals surface area (Å²) in [6, 6.07) is 0. The summed E-state index contributed by atoms with van der Waals surface area (Å²) in [5, 5.41) is 4.56. The molecule has 1 aliphatic rings. The lowest BCUT2D eigenvalue weighted by molar-refractivity contribution is 0.189. The average Bonchev–Trinajstić information content (AvgIpc) is 2.61. The second-order valence-corrected chi connectivity index (χ2v) is 7.15. The average molecular weight is 379 g/mol. The van der Waals surface area contributed by atoms with E-state index >= 15 is 0 Å². The third-order valence-electron chi connectivity index (χ3n) is 3.78. The highest BCUT2D eigenvalue weighted by atomic mass is 79.9. The molecule has 102 valence electrons. The number of aryl methyl sites for hydroxylation is 2. The number of hydrogen-bond acceptors (Lipinski definition) is 2. The maximum Gasteiger partial charge on any atom is 0.0739 e. The molecule has 2 heterocycles. The normalized spacial score (nSPS) is 25.6. The molecule has 0 amide bonds. The van der Waals surface area contributed by atoms with Crippen molar-refractivity contribution in [1.82, 2.24) is 14.7 Å². The van der Waals surface area contributed by atoms with Crippen LogP contribution in [0.25, 0.3) is 0 Å². The Balaban J connectivity index is 2.10. The fraction of sp³-hybridized carbons (Fsp3) is 0.769. The van der Waals surface area contributed by atoms with E-state index in [1.54, 1.807) is 0 Å². The van der Waals surface area contributed by atoms with Gasteiger partial charge in [-0.3, -0.25) is 9.58 Å². The second-order valence-electron chi connectivity index (χ2n) is 5.18. The predicted octanol–water partition coefficient (Wildman–Crippen LogP) is 3.58. The minimum absolute atomic E-state index is 0.615. The van der Waals surface area contributed by atoms with Crippen molar-refractivity contribution >= 4 is 31.9 Å². The van der Waals surface area contributed by atoms with Crippen LogP contribution in [0.2, 0.25) is 0 Å². The van der Waals surface area contributed by atoms with Crippen LogP contribution in [0, 0.1) is 12.8 Å². The van der Waals surface area contributed by atoms with Crippen molar-refractivity contribution in [2.45, 2.75) is 45.1 Å². The lowest BCUT2D eigenvalue weighted by Crippen LogP contribution is -2.40. The zero-order chi connectivity index (χ0) is 13.3. The first kappa shape index (κ1) is 14.5. The summed E-state index contributed by atoms with van der Waals surface area (Å²) >= 11 is 7.46. The number of alkyl halides is 1. The van der Waals surface area contributed by atoms with Crippen LogP contribution in [0.3, 0.4) is 0 Å². The van der Waals surface area contributed by atoms with Crippen molar-refractivity contribution < 1.29 is 0 Å². The molecule has 0 aliphatic carbocycles. The van der Waals surface area contributed by atoms with Gasteiger partial charge in [0.05, 0.1) is 15.9 Å². The van der Waals surface area contributed by atoms with Crippen molar-refractivity contribution in [1.29, 1.82) is 0 Å². The third kappa shape index (κ3) is 2.99. The molecular formula is C13H21Br2N3. The lowest BCUT2D eigenvalue weighted by atomic mass is 9.99. The van der Waals surface area contributed by atoms with Gasteiger partial charge in [-0.2, -0.15) is 5.10 Å². The molecule has 5 heteroatoms. The van der Waals surface area contributed by atoms with Gasteiger partial charge in [0.25, 0.3) is 0 Å². The molecule has 18 heavy (non-hydrogen) atoms. The highest BCUT2D eigenvalue weighted by molar-refractivity contribution is 9.10. The molecule has 1 saturated heterocycles. The van der Waals surface area contributed by atoms with E-state index in [0.717, 1.165) is 31.2 Å². The van der Waals surface area contributed by atoms with Gasteiger partial charge in [0.1, 0.15) is 0 Å². The van der Waals surface area contributed by atoms with Crippen LogP contribution in [0.15, 0.2) is 4.47 Å². The van der Waals surface area contributed by atoms with E-state index in [0.29, 0.717) is 4.83 Å². The molecule has 0 saturated carbocycles. The number of halogens is 2. The molecule has 1 aromatic rings. The Morgan fingerprint density at radius 2 is 2.17 bits per heavy atom. The number of likely N-dealkylation sites (tertiary alicyclic amines) is 1. The van der Waals surface area contributed by atoms with Crippen LogP contribution >= 0.6 is 31.9 Å². The highest BCUT2D eigenvalue weighted by Crippen LogP contribution is 2.27. The van der Waals surface area contributed by atoms with E-state index in [-0.39, 0.29) is 0 Å². The Hall–Kier alpha value is 0.130. The molecule has 2 atom stereocenters. The van der Waals surface area contributed by atoms with Crippen molar-refractivity contribution in [3.05, 3.63) is 15.9 Å². The Morgan fingerprint density at radius 1 is 1.44 bits per heavy atom. The van der Waals surface area contributed by atoms with Gasteiger partial charge in [0, 0.05) is 24.5 Å². The maximum atomic E-state index is 4.56. The number of piperidine rings is 1. The molecule has 3 nitrogen and oxygen atoms in total. The van der Waals surface area contributed by atoms with E-state index in [9.17, 15) is 0 Å². The van der Waals surface area contributed by atoms with Crippen LogP contribution in [0.5, 0.6) is 0 Å². The Morgan fingerprint density at radius 3 is 2.78 bits per heavy atom. The first-order chi connectivity index (χ1) is 8.52. The Kier molecular flexibility index (Phi) is 4.89. The predicted molar refractivity (Wildman–Crippen MR) is 82.1 cm³/mol. The molecule has 1 aromatic heterocycles. The lowest BCUT2D eigenvalue weighted by Gasteiger charge is -2.34. The van der Waals surface area contributed by atoms with Crippen LogP contribution in [0.1, 0.15) is 31.7 Å². The van der Waals surface area contributed by atoms with Crippen LogP contribution in [-0.4, -0.2) is 32.6 Å². The number of rotatable bonds is 3.